The van der Waals surface area contributed by atoms with Crippen LogP contribution in [0.15, 0.2) is 18.3 Å². The van der Waals surface area contributed by atoms with Crippen LogP contribution >= 0.6 is 0 Å². The first-order valence-electron chi connectivity index (χ1n) is 10.7. The lowest BCUT2D eigenvalue weighted by atomic mass is 9.98. The van der Waals surface area contributed by atoms with Crippen LogP contribution in [0.1, 0.15) is 57.8 Å². The van der Waals surface area contributed by atoms with Gasteiger partial charge in [-0.15, -0.1) is 0 Å². The second-order valence-corrected chi connectivity index (χ2v) is 8.28. The first-order valence-corrected chi connectivity index (χ1v) is 10.7. The molecule has 8 nitrogen and oxygen atoms in total. The molecule has 3 heterocycles. The van der Waals surface area contributed by atoms with Crippen molar-refractivity contribution < 1.29 is 14.4 Å². The van der Waals surface area contributed by atoms with Crippen molar-refractivity contribution in [3.05, 3.63) is 18.3 Å². The molecule has 1 aliphatic carbocycles. The zero-order chi connectivity index (χ0) is 20.3. The summed E-state index contributed by atoms with van der Waals surface area (Å²) in [6.45, 7) is 2.33. The Kier molecular flexibility index (Phi) is 5.69. The number of hydrogen-bond acceptors (Lipinski definition) is 5. The number of hydrogen-bond donors (Lipinski definition) is 2. The van der Waals surface area contributed by atoms with Crippen molar-refractivity contribution >= 4 is 29.4 Å². The van der Waals surface area contributed by atoms with Crippen molar-refractivity contribution in [2.75, 3.05) is 29.9 Å². The van der Waals surface area contributed by atoms with Gasteiger partial charge in [-0.05, 0) is 50.7 Å². The predicted octanol–water partition coefficient (Wildman–Crippen LogP) is 2.66. The van der Waals surface area contributed by atoms with E-state index >= 15 is 0 Å². The van der Waals surface area contributed by atoms with Crippen molar-refractivity contribution in [2.45, 2.75) is 63.3 Å². The summed E-state index contributed by atoms with van der Waals surface area (Å²) in [7, 11) is 0. The van der Waals surface area contributed by atoms with E-state index in [0.29, 0.717) is 12.1 Å². The normalized spacial score (nSPS) is 21.0. The van der Waals surface area contributed by atoms with E-state index in [2.05, 4.69) is 20.5 Å². The highest BCUT2D eigenvalue weighted by molar-refractivity contribution is 6.07. The molecule has 0 aromatic carbocycles. The molecule has 3 fully saturated rings. The Morgan fingerprint density at radius 3 is 2.55 bits per heavy atom. The third kappa shape index (κ3) is 4.21. The smallest absolute Gasteiger partial charge is 0.325 e. The van der Waals surface area contributed by atoms with Gasteiger partial charge in [0.15, 0.2) is 0 Å². The van der Waals surface area contributed by atoms with E-state index in [-0.39, 0.29) is 30.8 Å². The summed E-state index contributed by atoms with van der Waals surface area (Å²) in [5.41, 5.74) is -0.0168. The number of piperidine rings is 1. The zero-order valence-electron chi connectivity index (χ0n) is 16.8. The van der Waals surface area contributed by atoms with E-state index in [1.807, 2.05) is 12.1 Å². The maximum atomic E-state index is 12.6. The summed E-state index contributed by atoms with van der Waals surface area (Å²) in [5.74, 6) is 0.681. The lowest BCUT2D eigenvalue weighted by Crippen LogP contribution is -2.44. The molecular weight excluding hydrogens is 370 g/mol. The summed E-state index contributed by atoms with van der Waals surface area (Å²) in [5, 5.41) is 5.71. The lowest BCUT2D eigenvalue weighted by Gasteiger charge is -2.27. The van der Waals surface area contributed by atoms with Crippen LogP contribution in [0, 0.1) is 0 Å². The fraction of sp³-hybridized carbons (Fsp3) is 0.619. The maximum Gasteiger partial charge on any atom is 0.325 e. The number of imide groups is 1. The standard InChI is InChI=1S/C21H29N5O3/c27-18(23-16-8-9-17(22-15-16)25-12-4-1-5-13-25)7-6-14-26-19(28)21(24-20(26)29)10-2-3-11-21/h8-9,15H,1-7,10-14H2,(H,23,27)(H,24,29). The Morgan fingerprint density at radius 1 is 1.10 bits per heavy atom. The van der Waals surface area contributed by atoms with E-state index in [1.165, 1.54) is 24.2 Å². The number of carbonyl (C=O) groups excluding carboxylic acids is 3. The molecule has 0 radical (unpaired) electrons. The Labute approximate surface area is 171 Å². The highest BCUT2D eigenvalue weighted by Gasteiger charge is 2.52. The number of pyridine rings is 1. The Bertz CT molecular complexity index is 767. The lowest BCUT2D eigenvalue weighted by molar-refractivity contribution is -0.131. The van der Waals surface area contributed by atoms with Crippen molar-refractivity contribution in [1.29, 1.82) is 0 Å². The minimum atomic E-state index is -0.679. The van der Waals surface area contributed by atoms with Gasteiger partial charge in [0, 0.05) is 26.1 Å². The van der Waals surface area contributed by atoms with Gasteiger partial charge in [0.25, 0.3) is 5.91 Å². The summed E-state index contributed by atoms with van der Waals surface area (Å²) >= 11 is 0. The van der Waals surface area contributed by atoms with Crippen LogP contribution in [0.3, 0.4) is 0 Å². The van der Waals surface area contributed by atoms with E-state index in [4.69, 9.17) is 0 Å². The van der Waals surface area contributed by atoms with Gasteiger partial charge in [-0.1, -0.05) is 12.8 Å². The van der Waals surface area contributed by atoms with Crippen molar-refractivity contribution in [3.63, 3.8) is 0 Å². The molecule has 8 heteroatoms. The van der Waals surface area contributed by atoms with Gasteiger partial charge in [-0.3, -0.25) is 14.5 Å². The van der Waals surface area contributed by atoms with Crippen molar-refractivity contribution in [3.8, 4) is 0 Å². The molecule has 4 amide bonds. The van der Waals surface area contributed by atoms with Crippen LogP contribution in [0.2, 0.25) is 0 Å². The third-order valence-corrected chi connectivity index (χ3v) is 6.20. The van der Waals surface area contributed by atoms with E-state index in [9.17, 15) is 14.4 Å². The second kappa shape index (κ2) is 8.39. The Hall–Kier alpha value is -2.64. The first-order chi connectivity index (χ1) is 14.1. The molecule has 4 rings (SSSR count). The number of carbonyl (C=O) groups is 3. The quantitative estimate of drug-likeness (QED) is 0.717. The second-order valence-electron chi connectivity index (χ2n) is 8.28. The molecule has 2 N–H and O–H groups in total. The number of nitrogens with zero attached hydrogens (tertiary/aromatic N) is 3. The average Bonchev–Trinajstić information content (AvgIpc) is 3.29. The molecule has 1 spiro atoms. The van der Waals surface area contributed by atoms with Crippen LogP contribution in [0.25, 0.3) is 0 Å². The molecule has 3 aliphatic rings. The molecule has 2 saturated heterocycles. The van der Waals surface area contributed by atoms with Gasteiger partial charge < -0.3 is 15.5 Å². The molecule has 156 valence electrons. The summed E-state index contributed by atoms with van der Waals surface area (Å²) in [4.78, 5) is 45.0. The van der Waals surface area contributed by atoms with Crippen LogP contribution < -0.4 is 15.5 Å². The molecule has 29 heavy (non-hydrogen) atoms. The molecule has 0 unspecified atom stereocenters. The third-order valence-electron chi connectivity index (χ3n) is 6.20. The largest absolute Gasteiger partial charge is 0.357 e. The van der Waals surface area contributed by atoms with Crippen molar-refractivity contribution in [1.82, 2.24) is 15.2 Å². The highest BCUT2D eigenvalue weighted by atomic mass is 16.2. The van der Waals surface area contributed by atoms with E-state index in [0.717, 1.165) is 44.6 Å². The molecule has 1 aromatic rings. The summed E-state index contributed by atoms with van der Waals surface area (Å²) < 4.78 is 0. The number of nitrogens with one attached hydrogen (secondary N) is 2. The van der Waals surface area contributed by atoms with Crippen molar-refractivity contribution in [2.24, 2.45) is 0 Å². The summed E-state index contributed by atoms with van der Waals surface area (Å²) in [6, 6.07) is 3.49. The highest BCUT2D eigenvalue weighted by Crippen LogP contribution is 2.35. The monoisotopic (exact) mass is 399 g/mol. The number of aromatic nitrogens is 1. The fourth-order valence-corrected chi connectivity index (χ4v) is 4.59. The van der Waals surface area contributed by atoms with Crippen LogP contribution in [0.5, 0.6) is 0 Å². The van der Waals surface area contributed by atoms with Gasteiger partial charge in [-0.2, -0.15) is 0 Å². The van der Waals surface area contributed by atoms with Gasteiger partial charge in [0.2, 0.25) is 5.91 Å². The van der Waals surface area contributed by atoms with Gasteiger partial charge in [0.05, 0.1) is 11.9 Å². The summed E-state index contributed by atoms with van der Waals surface area (Å²) in [6.07, 6.45) is 9.40. The topological polar surface area (TPSA) is 94.6 Å². The van der Waals surface area contributed by atoms with Crippen LogP contribution in [-0.2, 0) is 9.59 Å². The van der Waals surface area contributed by atoms with E-state index < -0.39 is 5.54 Å². The molecular formula is C21H29N5O3. The molecule has 1 aromatic heterocycles. The number of amides is 4. The maximum absolute atomic E-state index is 12.6. The number of anilines is 2. The predicted molar refractivity (Wildman–Crippen MR) is 110 cm³/mol. The van der Waals surface area contributed by atoms with Crippen LogP contribution in [0.4, 0.5) is 16.3 Å². The minimum Gasteiger partial charge on any atom is -0.357 e. The Morgan fingerprint density at radius 2 is 1.86 bits per heavy atom. The number of rotatable bonds is 6. The van der Waals surface area contributed by atoms with Gasteiger partial charge >= 0.3 is 6.03 Å². The van der Waals surface area contributed by atoms with E-state index in [1.54, 1.807) is 6.20 Å². The fourth-order valence-electron chi connectivity index (χ4n) is 4.59. The number of urea groups is 1. The molecule has 0 bridgehead atoms. The molecule has 1 saturated carbocycles. The van der Waals surface area contributed by atoms with Crippen LogP contribution in [-0.4, -0.2) is 52.9 Å². The first kappa shape index (κ1) is 19.7. The SMILES string of the molecule is O=C(CCCN1C(=O)NC2(CCCC2)C1=O)Nc1ccc(N2CCCCC2)nc1. The zero-order valence-corrected chi connectivity index (χ0v) is 16.8. The average molecular weight is 399 g/mol. The minimum absolute atomic E-state index is 0.127. The molecule has 2 aliphatic heterocycles. The Balaban J connectivity index is 1.23. The van der Waals surface area contributed by atoms with Gasteiger partial charge in [0.1, 0.15) is 11.4 Å². The van der Waals surface area contributed by atoms with Gasteiger partial charge in [-0.25, -0.2) is 9.78 Å². The molecule has 0 atom stereocenters.